The van der Waals surface area contributed by atoms with Gasteiger partial charge in [-0.15, -0.1) is 0 Å². The van der Waals surface area contributed by atoms with Crippen LogP contribution in [0.2, 0.25) is 0 Å². The van der Waals surface area contributed by atoms with E-state index in [1.807, 2.05) is 25.9 Å². The lowest BCUT2D eigenvalue weighted by Gasteiger charge is -2.40. The normalized spacial score (nSPS) is 24.6. The van der Waals surface area contributed by atoms with Gasteiger partial charge in [-0.05, 0) is 50.3 Å². The van der Waals surface area contributed by atoms with Gasteiger partial charge in [0.1, 0.15) is 5.78 Å². The molecule has 1 amide bonds. The van der Waals surface area contributed by atoms with Crippen LogP contribution in [0, 0.1) is 5.92 Å². The molecule has 1 saturated heterocycles. The number of nitrogens with zero attached hydrogens (tertiary/aromatic N) is 2. The molecule has 1 aliphatic carbocycles. The number of hydrogen-bond acceptors (Lipinski definition) is 4. The van der Waals surface area contributed by atoms with Crippen LogP contribution in [-0.4, -0.2) is 43.8 Å². The average molecular weight is 394 g/mol. The molecule has 1 aromatic rings. The number of hydrogen-bond donors (Lipinski definition) is 1. The molecule has 3 aliphatic rings. The Bertz CT molecular complexity index is 861. The van der Waals surface area contributed by atoms with E-state index in [2.05, 4.69) is 40.6 Å². The predicted octanol–water partition coefficient (Wildman–Crippen LogP) is 3.59. The van der Waals surface area contributed by atoms with Gasteiger partial charge in [0.25, 0.3) is 5.91 Å². The quantitative estimate of drug-likeness (QED) is 0.853. The van der Waals surface area contributed by atoms with Crippen LogP contribution < -0.4 is 10.2 Å². The Labute approximate surface area is 173 Å². The first-order valence-corrected chi connectivity index (χ1v) is 10.7. The molecule has 1 fully saturated rings. The van der Waals surface area contributed by atoms with Crippen molar-refractivity contribution in [3.63, 3.8) is 0 Å². The number of anilines is 1. The van der Waals surface area contributed by atoms with E-state index in [1.54, 1.807) is 0 Å². The monoisotopic (exact) mass is 393 g/mol. The molecule has 2 heterocycles. The van der Waals surface area contributed by atoms with E-state index in [0.717, 1.165) is 60.6 Å². The van der Waals surface area contributed by atoms with Crippen LogP contribution in [0.15, 0.2) is 47.3 Å². The summed E-state index contributed by atoms with van der Waals surface area (Å²) >= 11 is 0. The van der Waals surface area contributed by atoms with E-state index in [0.29, 0.717) is 6.42 Å². The zero-order valence-corrected chi connectivity index (χ0v) is 17.7. The second-order valence-electron chi connectivity index (χ2n) is 8.62. The van der Waals surface area contributed by atoms with Crippen molar-refractivity contribution in [1.29, 1.82) is 0 Å². The minimum absolute atomic E-state index is 0.0915. The van der Waals surface area contributed by atoms with E-state index in [4.69, 9.17) is 0 Å². The van der Waals surface area contributed by atoms with Gasteiger partial charge in [-0.2, -0.15) is 0 Å². The zero-order valence-electron chi connectivity index (χ0n) is 17.7. The highest BCUT2D eigenvalue weighted by Gasteiger charge is 2.43. The number of carbonyl (C=O) groups is 2. The fourth-order valence-corrected chi connectivity index (χ4v) is 4.90. The maximum Gasteiger partial charge on any atom is 0.252 e. The summed E-state index contributed by atoms with van der Waals surface area (Å²) in [5.41, 5.74) is 4.78. The number of nitrogens with one attached hydrogen (secondary N) is 1. The second-order valence-corrected chi connectivity index (χ2v) is 8.62. The molecule has 2 unspecified atom stereocenters. The largest absolute Gasteiger partial charge is 0.378 e. The molecule has 0 radical (unpaired) electrons. The van der Waals surface area contributed by atoms with Crippen LogP contribution in [0.1, 0.15) is 50.5 Å². The zero-order chi connectivity index (χ0) is 20.5. The van der Waals surface area contributed by atoms with Crippen LogP contribution >= 0.6 is 0 Å². The summed E-state index contributed by atoms with van der Waals surface area (Å²) in [6.45, 7) is 3.60. The van der Waals surface area contributed by atoms with E-state index >= 15 is 0 Å². The number of fused-ring (bicyclic) bond motifs is 1. The van der Waals surface area contributed by atoms with Crippen molar-refractivity contribution in [2.45, 2.75) is 44.9 Å². The first-order valence-electron chi connectivity index (χ1n) is 10.7. The van der Waals surface area contributed by atoms with E-state index < -0.39 is 0 Å². The highest BCUT2D eigenvalue weighted by Crippen LogP contribution is 2.44. The molecule has 29 heavy (non-hydrogen) atoms. The van der Waals surface area contributed by atoms with Crippen molar-refractivity contribution >= 4 is 17.4 Å². The van der Waals surface area contributed by atoms with Gasteiger partial charge >= 0.3 is 0 Å². The Hall–Kier alpha value is -2.56. The summed E-state index contributed by atoms with van der Waals surface area (Å²) in [5.74, 6) is -0.190. The Balaban J connectivity index is 1.79. The van der Waals surface area contributed by atoms with Crippen molar-refractivity contribution in [2.24, 2.45) is 5.92 Å². The van der Waals surface area contributed by atoms with Crippen LogP contribution in [0.25, 0.3) is 0 Å². The molecule has 154 valence electrons. The third-order valence-corrected chi connectivity index (χ3v) is 6.46. The summed E-state index contributed by atoms with van der Waals surface area (Å²) in [6.07, 6.45) is 6.75. The molecule has 0 saturated carbocycles. The van der Waals surface area contributed by atoms with Gasteiger partial charge in [0.2, 0.25) is 0 Å². The van der Waals surface area contributed by atoms with Crippen LogP contribution in [0.4, 0.5) is 5.69 Å². The standard InChI is InChI=1S/C24H31N3O2/c1-16-21(24(29)27-14-5-4-6-15-27)22(17-10-12-18(13-11-17)26(2)3)23-19(25-16)8-7-9-20(23)28/h8,10-13,22-23,25H,4-7,9,14-15H2,1-3H3. The summed E-state index contributed by atoms with van der Waals surface area (Å²) in [4.78, 5) is 30.6. The lowest BCUT2D eigenvalue weighted by molar-refractivity contribution is -0.129. The number of piperidine rings is 1. The molecule has 1 aromatic carbocycles. The molecule has 5 nitrogen and oxygen atoms in total. The average Bonchev–Trinajstić information content (AvgIpc) is 2.73. The number of Topliss-reactive ketones (excluding diaryl/α,β-unsaturated/α-hetero) is 1. The summed E-state index contributed by atoms with van der Waals surface area (Å²) in [6, 6.07) is 8.32. The number of ketones is 1. The van der Waals surface area contributed by atoms with Gasteiger partial charge in [0, 0.05) is 62.2 Å². The van der Waals surface area contributed by atoms with Crippen molar-refractivity contribution in [3.05, 3.63) is 52.9 Å². The molecule has 2 atom stereocenters. The Morgan fingerprint density at radius 3 is 2.41 bits per heavy atom. The van der Waals surface area contributed by atoms with Crippen molar-refractivity contribution < 1.29 is 9.59 Å². The van der Waals surface area contributed by atoms with Gasteiger partial charge in [-0.25, -0.2) is 0 Å². The summed E-state index contributed by atoms with van der Waals surface area (Å²) in [7, 11) is 4.03. The molecule has 1 N–H and O–H groups in total. The lowest BCUT2D eigenvalue weighted by Crippen LogP contribution is -2.45. The Morgan fingerprint density at radius 1 is 1.07 bits per heavy atom. The maximum atomic E-state index is 13.6. The summed E-state index contributed by atoms with van der Waals surface area (Å²) in [5, 5.41) is 3.41. The minimum Gasteiger partial charge on any atom is -0.378 e. The van der Waals surface area contributed by atoms with Gasteiger partial charge in [0.15, 0.2) is 0 Å². The van der Waals surface area contributed by atoms with Crippen molar-refractivity contribution in [2.75, 3.05) is 32.1 Å². The van der Waals surface area contributed by atoms with Crippen LogP contribution in [0.3, 0.4) is 0 Å². The lowest BCUT2D eigenvalue weighted by atomic mass is 9.70. The number of likely N-dealkylation sites (tertiary alicyclic amines) is 1. The Morgan fingerprint density at radius 2 is 1.76 bits per heavy atom. The Kier molecular flexibility index (Phi) is 5.48. The summed E-state index contributed by atoms with van der Waals surface area (Å²) < 4.78 is 0. The number of allylic oxidation sites excluding steroid dienone is 3. The van der Waals surface area contributed by atoms with Crippen LogP contribution in [-0.2, 0) is 9.59 Å². The fraction of sp³-hybridized carbons (Fsp3) is 0.500. The topological polar surface area (TPSA) is 52.7 Å². The minimum atomic E-state index is -0.290. The van der Waals surface area contributed by atoms with E-state index in [9.17, 15) is 9.59 Å². The van der Waals surface area contributed by atoms with Gasteiger partial charge in [0.05, 0.1) is 5.92 Å². The van der Waals surface area contributed by atoms with E-state index in [1.165, 1.54) is 6.42 Å². The SMILES string of the molecule is CC1=C(C(=O)N2CCCCC2)C(c2ccc(N(C)C)cc2)C2C(=O)CCC=C2N1. The highest BCUT2D eigenvalue weighted by atomic mass is 16.2. The number of amides is 1. The number of carbonyl (C=O) groups excluding carboxylic acids is 2. The molecular weight excluding hydrogens is 362 g/mol. The highest BCUT2D eigenvalue weighted by molar-refractivity contribution is 5.99. The maximum absolute atomic E-state index is 13.6. The fourth-order valence-electron chi connectivity index (χ4n) is 4.90. The number of benzene rings is 1. The van der Waals surface area contributed by atoms with Crippen molar-refractivity contribution in [3.8, 4) is 0 Å². The third kappa shape index (κ3) is 3.70. The molecule has 5 heteroatoms. The smallest absolute Gasteiger partial charge is 0.252 e. The van der Waals surface area contributed by atoms with Gasteiger partial charge in [-0.3, -0.25) is 9.59 Å². The number of rotatable bonds is 3. The first-order chi connectivity index (χ1) is 14.0. The molecule has 0 bridgehead atoms. The third-order valence-electron chi connectivity index (χ3n) is 6.46. The van der Waals surface area contributed by atoms with E-state index in [-0.39, 0.29) is 23.5 Å². The van der Waals surface area contributed by atoms with Crippen LogP contribution in [0.5, 0.6) is 0 Å². The predicted molar refractivity (Wildman–Crippen MR) is 116 cm³/mol. The molecule has 0 aromatic heterocycles. The molecule has 0 spiro atoms. The molecule has 4 rings (SSSR count). The molecular formula is C24H31N3O2. The first kappa shape index (κ1) is 19.7. The van der Waals surface area contributed by atoms with Crippen molar-refractivity contribution in [1.82, 2.24) is 10.2 Å². The van der Waals surface area contributed by atoms with Gasteiger partial charge in [-0.1, -0.05) is 18.2 Å². The second kappa shape index (κ2) is 8.05. The van der Waals surface area contributed by atoms with Gasteiger partial charge < -0.3 is 15.1 Å². The molecule has 2 aliphatic heterocycles.